The van der Waals surface area contributed by atoms with Gasteiger partial charge in [0.25, 0.3) is 11.8 Å². The summed E-state index contributed by atoms with van der Waals surface area (Å²) in [4.78, 5) is 30.4. The Hall–Kier alpha value is -3.64. The lowest BCUT2D eigenvalue weighted by molar-refractivity contribution is 0.0131. The van der Waals surface area contributed by atoms with E-state index in [9.17, 15) is 9.59 Å². The minimum absolute atomic E-state index is 0.0629. The molecule has 0 saturated heterocycles. The lowest BCUT2D eigenvalue weighted by Crippen LogP contribution is -2.49. The molecule has 3 aliphatic heterocycles. The molecule has 3 aliphatic carbocycles. The van der Waals surface area contributed by atoms with Gasteiger partial charge in [0, 0.05) is 54.6 Å². The van der Waals surface area contributed by atoms with Crippen molar-refractivity contribution in [3.63, 3.8) is 0 Å². The molecule has 3 aromatic rings. The maximum absolute atomic E-state index is 15.0. The molecule has 1 aromatic heterocycles. The van der Waals surface area contributed by atoms with Crippen LogP contribution in [-0.4, -0.2) is 65.4 Å². The minimum Gasteiger partial charge on any atom is -0.490 e. The van der Waals surface area contributed by atoms with Crippen LogP contribution >= 0.6 is 11.6 Å². The van der Waals surface area contributed by atoms with Gasteiger partial charge < -0.3 is 23.7 Å². The topological polar surface area (TPSA) is 111 Å². The van der Waals surface area contributed by atoms with E-state index in [0.717, 1.165) is 54.5 Å². The predicted octanol–water partition coefficient (Wildman–Crippen LogP) is 7.29. The summed E-state index contributed by atoms with van der Waals surface area (Å²) in [6.45, 7) is 7.43. The van der Waals surface area contributed by atoms with Crippen LogP contribution in [0.15, 0.2) is 65.2 Å². The molecule has 286 valence electrons. The number of anilines is 1. The zero-order valence-corrected chi connectivity index (χ0v) is 32.7. The molecule has 1 N–H and O–H groups in total. The lowest BCUT2D eigenvalue weighted by Gasteiger charge is -2.46. The molecule has 1 unspecified atom stereocenters. The van der Waals surface area contributed by atoms with E-state index in [0.29, 0.717) is 67.6 Å². The highest BCUT2D eigenvalue weighted by molar-refractivity contribution is 7.93. The Kier molecular flexibility index (Phi) is 9.23. The number of hydrogen-bond acceptors (Lipinski definition) is 7. The molecule has 2 bridgehead atoms. The fourth-order valence-corrected chi connectivity index (χ4v) is 11.8. The van der Waals surface area contributed by atoms with Gasteiger partial charge in [0.2, 0.25) is 0 Å². The highest BCUT2D eigenvalue weighted by atomic mass is 35.5. The fourth-order valence-electron chi connectivity index (χ4n) is 9.75. The van der Waals surface area contributed by atoms with Gasteiger partial charge in [0.1, 0.15) is 15.7 Å². The van der Waals surface area contributed by atoms with Crippen LogP contribution in [0.4, 0.5) is 5.69 Å². The largest absolute Gasteiger partial charge is 0.490 e. The van der Waals surface area contributed by atoms with Gasteiger partial charge in [-0.15, -0.1) is 4.36 Å². The number of halogens is 1. The normalized spacial score (nSPS) is 34.8. The number of aromatic nitrogens is 1. The first-order valence-corrected chi connectivity index (χ1v) is 21.4. The third kappa shape index (κ3) is 6.38. The Labute approximate surface area is 322 Å². The Morgan fingerprint density at radius 2 is 2.00 bits per heavy atom. The summed E-state index contributed by atoms with van der Waals surface area (Å²) in [7, 11) is -1.83. The molecule has 12 heteroatoms. The summed E-state index contributed by atoms with van der Waals surface area (Å²) < 4.78 is 42.6. The lowest BCUT2D eigenvalue weighted by atomic mass is 9.68. The number of nitrogens with zero attached hydrogens (tertiary/aromatic N) is 3. The zero-order chi connectivity index (χ0) is 37.4. The number of carbonyl (C=O) groups is 2. The summed E-state index contributed by atoms with van der Waals surface area (Å²) in [6, 6.07) is 13.5. The minimum atomic E-state index is -3.61. The second-order valence-electron chi connectivity index (χ2n) is 16.6. The summed E-state index contributed by atoms with van der Waals surface area (Å²) in [5.41, 5.74) is 4.79. The van der Waals surface area contributed by atoms with Gasteiger partial charge in [0.05, 0.1) is 42.4 Å². The first-order chi connectivity index (χ1) is 26.0. The Morgan fingerprint density at radius 3 is 2.80 bits per heavy atom. The molecular formula is C42H49ClN4O6S. The van der Waals surface area contributed by atoms with E-state index in [2.05, 4.69) is 38.3 Å². The molecule has 2 fully saturated rings. The Bertz CT molecular complexity index is 2140. The van der Waals surface area contributed by atoms with Crippen LogP contribution in [0.1, 0.15) is 89.4 Å². The molecule has 1 spiro atoms. The van der Waals surface area contributed by atoms with Crippen LogP contribution in [0, 0.1) is 23.7 Å². The van der Waals surface area contributed by atoms with Crippen LogP contribution in [0.25, 0.3) is 0 Å². The Morgan fingerprint density at radius 1 is 1.13 bits per heavy atom. The van der Waals surface area contributed by atoms with Crippen LogP contribution in [0.5, 0.6) is 5.75 Å². The quantitative estimate of drug-likeness (QED) is 0.279. The highest BCUT2D eigenvalue weighted by Gasteiger charge is 2.54. The predicted molar refractivity (Wildman–Crippen MR) is 209 cm³/mol. The smallest absolute Gasteiger partial charge is 0.286 e. The van der Waals surface area contributed by atoms with Crippen LogP contribution in [0.2, 0.25) is 5.02 Å². The van der Waals surface area contributed by atoms with E-state index in [1.165, 1.54) is 17.5 Å². The Balaban J connectivity index is 1.12. The zero-order valence-electron chi connectivity index (χ0n) is 31.2. The third-order valence-electron chi connectivity index (χ3n) is 13.3. The number of nitrogens with one attached hydrogen (secondary N) is 1. The van der Waals surface area contributed by atoms with Gasteiger partial charge in [-0.1, -0.05) is 36.7 Å². The van der Waals surface area contributed by atoms with Gasteiger partial charge in [-0.05, 0) is 116 Å². The fraction of sp³-hybridized carbons (Fsp3) is 0.524. The van der Waals surface area contributed by atoms with Gasteiger partial charge >= 0.3 is 0 Å². The van der Waals surface area contributed by atoms with E-state index in [4.69, 9.17) is 25.8 Å². The number of ether oxygens (including phenoxy) is 3. The highest BCUT2D eigenvalue weighted by Crippen LogP contribution is 2.61. The van der Waals surface area contributed by atoms with Crippen LogP contribution in [-0.2, 0) is 38.0 Å². The van der Waals surface area contributed by atoms with E-state index in [1.807, 2.05) is 29.7 Å². The molecule has 2 amide bonds. The van der Waals surface area contributed by atoms with Crippen molar-refractivity contribution in [1.29, 1.82) is 0 Å². The number of methoxy groups -OCH3 is 1. The van der Waals surface area contributed by atoms with Crippen LogP contribution in [0.3, 0.4) is 0 Å². The van der Waals surface area contributed by atoms with Gasteiger partial charge in [-0.2, -0.15) is 0 Å². The van der Waals surface area contributed by atoms with Crippen molar-refractivity contribution in [2.75, 3.05) is 38.3 Å². The number of amides is 2. The molecule has 9 atom stereocenters. The summed E-state index contributed by atoms with van der Waals surface area (Å²) >= 11 is 6.56. The van der Waals surface area contributed by atoms with E-state index in [-0.39, 0.29) is 17.4 Å². The summed E-state index contributed by atoms with van der Waals surface area (Å²) in [5, 5.41) is 0.119. The standard InChI is InChI=1S/C42H49ClN4O6S/c1-25-5-4-6-38(51-3)33-10-7-28(33)20-47-23-42(19-29-16-34(29)35-18-31(43)9-11-36(35)42)24-53-39-12-8-27(17-37(39)47)40(48)44-54(50,26(25)2)45-41(49)30-15-32-22-52-14-13-46(32)21-30/h4,6,8-9,11-12,15,17-18,21,25-26,28-29,33-34,38H,5,7,10,13-14,16,19-20,22-24H2,1-3H3,(H,44,45,48,49,50)/b6-4+/t25-,26+,28-,29-,33+,34-,38-,42-,54?/m0/s1. The van der Waals surface area contributed by atoms with Gasteiger partial charge in [-0.25, -0.2) is 4.21 Å². The number of hydrogen-bond donors (Lipinski definition) is 1. The van der Waals surface area contributed by atoms with Crippen LogP contribution < -0.4 is 14.4 Å². The van der Waals surface area contributed by atoms with Crippen molar-refractivity contribution in [1.82, 2.24) is 9.29 Å². The number of fused-ring (bicyclic) bond motifs is 7. The van der Waals surface area contributed by atoms with Crippen molar-refractivity contribution >= 4 is 39.0 Å². The first kappa shape index (κ1) is 36.0. The first-order valence-electron chi connectivity index (χ1n) is 19.4. The summed E-state index contributed by atoms with van der Waals surface area (Å²) in [6.07, 6.45) is 10.9. The molecule has 54 heavy (non-hydrogen) atoms. The van der Waals surface area contributed by atoms with E-state index >= 15 is 4.21 Å². The van der Waals surface area contributed by atoms with E-state index in [1.54, 1.807) is 32.4 Å². The molecule has 2 aromatic carbocycles. The molecule has 6 aliphatic rings. The van der Waals surface area contributed by atoms with Gasteiger partial charge in [0.15, 0.2) is 0 Å². The van der Waals surface area contributed by atoms with Crippen molar-refractivity contribution in [2.45, 2.75) is 81.8 Å². The second kappa shape index (κ2) is 13.8. The van der Waals surface area contributed by atoms with Crippen molar-refractivity contribution in [3.05, 3.63) is 93.8 Å². The van der Waals surface area contributed by atoms with Crippen molar-refractivity contribution in [3.8, 4) is 5.75 Å². The number of carbonyl (C=O) groups excluding carboxylic acids is 2. The number of benzene rings is 2. The SMILES string of the molecule is CO[C@H]1/C=C/C[C@H](C)[C@@H](C)S(=O)(NC(=O)c2cc3n(c2)CCOC3)=NC(=O)c2ccc3c(c2)N(C[C@@H]2CC[C@H]21)C[C@]1(CO3)C[C@@H]2C[C@@H]2c2cc(Cl)ccc21. The third-order valence-corrected chi connectivity index (χ3v) is 15.9. The van der Waals surface area contributed by atoms with Crippen molar-refractivity contribution < 1.29 is 28.0 Å². The number of allylic oxidation sites excluding steroid dienone is 1. The average molecular weight is 773 g/mol. The summed E-state index contributed by atoms with van der Waals surface area (Å²) in [5.74, 6) is 1.26. The molecule has 9 rings (SSSR count). The molecular weight excluding hydrogens is 724 g/mol. The molecule has 0 radical (unpaired) electrons. The van der Waals surface area contributed by atoms with Crippen molar-refractivity contribution in [2.24, 2.45) is 28.0 Å². The second-order valence-corrected chi connectivity index (χ2v) is 19.3. The maximum atomic E-state index is 15.0. The number of rotatable bonds is 3. The molecule has 2 saturated carbocycles. The maximum Gasteiger partial charge on any atom is 0.286 e. The molecule has 4 heterocycles. The molecule has 10 nitrogen and oxygen atoms in total. The van der Waals surface area contributed by atoms with E-state index < -0.39 is 27.0 Å². The monoisotopic (exact) mass is 772 g/mol. The van der Waals surface area contributed by atoms with Gasteiger partial charge in [-0.3, -0.25) is 14.3 Å². The average Bonchev–Trinajstić information content (AvgIpc) is 3.83.